The van der Waals surface area contributed by atoms with Gasteiger partial charge in [-0.1, -0.05) is 78.9 Å². The van der Waals surface area contributed by atoms with Crippen molar-refractivity contribution in [2.24, 2.45) is 0 Å². The van der Waals surface area contributed by atoms with E-state index in [0.29, 0.717) is 24.3 Å². The molecule has 0 spiro atoms. The molecule has 1 amide bonds. The summed E-state index contributed by atoms with van der Waals surface area (Å²) in [6.07, 6.45) is 0. The molecular formula is C33H28FN3O. The Labute approximate surface area is 222 Å². The van der Waals surface area contributed by atoms with Crippen LogP contribution in [0.5, 0.6) is 0 Å². The van der Waals surface area contributed by atoms with Gasteiger partial charge in [0.25, 0.3) is 5.91 Å². The second-order valence-corrected chi connectivity index (χ2v) is 9.63. The van der Waals surface area contributed by atoms with Gasteiger partial charge in [-0.3, -0.25) is 9.69 Å². The highest BCUT2D eigenvalue weighted by atomic mass is 19.1. The fourth-order valence-corrected chi connectivity index (χ4v) is 5.36. The van der Waals surface area contributed by atoms with E-state index in [1.165, 1.54) is 23.3 Å². The second kappa shape index (κ2) is 10.6. The Bertz CT molecular complexity index is 1510. The Morgan fingerprint density at radius 2 is 1.29 bits per heavy atom. The third kappa shape index (κ3) is 4.81. The van der Waals surface area contributed by atoms with Crippen LogP contribution >= 0.6 is 0 Å². The van der Waals surface area contributed by atoms with Crippen LogP contribution in [0.3, 0.4) is 0 Å². The fraction of sp³-hybridized carbons (Fsp3) is 0.152. The molecule has 0 atom stereocenters. The largest absolute Gasteiger partial charge is 0.336 e. The first-order chi connectivity index (χ1) is 18.7. The van der Waals surface area contributed by atoms with Gasteiger partial charge in [0.1, 0.15) is 5.82 Å². The summed E-state index contributed by atoms with van der Waals surface area (Å²) >= 11 is 0. The van der Waals surface area contributed by atoms with Crippen molar-refractivity contribution < 1.29 is 9.18 Å². The minimum Gasteiger partial charge on any atom is -0.336 e. The van der Waals surface area contributed by atoms with Gasteiger partial charge in [-0.2, -0.15) is 0 Å². The lowest BCUT2D eigenvalue weighted by Gasteiger charge is -2.40. The van der Waals surface area contributed by atoms with E-state index in [4.69, 9.17) is 4.98 Å². The number of carbonyl (C=O) groups excluding carboxylic acids is 1. The van der Waals surface area contributed by atoms with Gasteiger partial charge in [0.15, 0.2) is 0 Å². The Morgan fingerprint density at radius 1 is 0.711 bits per heavy atom. The van der Waals surface area contributed by atoms with E-state index < -0.39 is 0 Å². The zero-order chi connectivity index (χ0) is 25.9. The number of hydrogen-bond donors (Lipinski definition) is 0. The number of fused-ring (bicyclic) bond motifs is 1. The minimum atomic E-state index is -0.298. The van der Waals surface area contributed by atoms with Gasteiger partial charge in [-0.05, 0) is 47.5 Å². The van der Waals surface area contributed by atoms with Crippen LogP contribution in [0.15, 0.2) is 115 Å². The smallest absolute Gasteiger partial charge is 0.254 e. The molecule has 1 aliphatic rings. The molecule has 6 rings (SSSR count). The summed E-state index contributed by atoms with van der Waals surface area (Å²) in [6.45, 7) is 2.82. The van der Waals surface area contributed by atoms with Crippen LogP contribution in [0.1, 0.15) is 27.5 Å². The number of para-hydroxylation sites is 1. The number of carbonyl (C=O) groups is 1. The number of hydrogen-bond acceptors (Lipinski definition) is 3. The van der Waals surface area contributed by atoms with Gasteiger partial charge in [-0.15, -0.1) is 0 Å². The predicted octanol–water partition coefficient (Wildman–Crippen LogP) is 6.59. The number of halogens is 1. The molecule has 0 bridgehead atoms. The number of piperazine rings is 1. The van der Waals surface area contributed by atoms with Gasteiger partial charge in [0.05, 0.1) is 22.8 Å². The molecule has 0 N–H and O–H groups in total. The average molecular weight is 502 g/mol. The SMILES string of the molecule is O=C(c1cc(-c2ccc(F)cc2)nc2ccccc12)N1CCN(C(c2ccccc2)c2ccccc2)CC1. The second-order valence-electron chi connectivity index (χ2n) is 9.63. The van der Waals surface area contributed by atoms with Crippen molar-refractivity contribution in [1.29, 1.82) is 0 Å². The average Bonchev–Trinajstić information content (AvgIpc) is 2.98. The normalized spacial score (nSPS) is 14.2. The van der Waals surface area contributed by atoms with Crippen molar-refractivity contribution >= 4 is 16.8 Å². The molecule has 4 nitrogen and oxygen atoms in total. The summed E-state index contributed by atoms with van der Waals surface area (Å²) in [7, 11) is 0. The summed E-state index contributed by atoms with van der Waals surface area (Å²) in [4.78, 5) is 23.1. The summed E-state index contributed by atoms with van der Waals surface area (Å²) in [5, 5.41) is 0.831. The number of pyridine rings is 1. The highest BCUT2D eigenvalue weighted by Gasteiger charge is 2.29. The zero-order valence-electron chi connectivity index (χ0n) is 21.0. The maximum Gasteiger partial charge on any atom is 0.254 e. The van der Waals surface area contributed by atoms with Gasteiger partial charge in [0, 0.05) is 37.1 Å². The van der Waals surface area contributed by atoms with E-state index in [1.807, 2.05) is 47.4 Å². The molecule has 188 valence electrons. The highest BCUT2D eigenvalue weighted by molar-refractivity contribution is 6.07. The molecule has 0 aliphatic carbocycles. The molecule has 5 aromatic rings. The molecule has 5 heteroatoms. The molecule has 0 saturated carbocycles. The third-order valence-electron chi connectivity index (χ3n) is 7.28. The molecule has 38 heavy (non-hydrogen) atoms. The molecule has 4 aromatic carbocycles. The number of benzene rings is 4. The van der Waals surface area contributed by atoms with Crippen LogP contribution in [0.25, 0.3) is 22.2 Å². The van der Waals surface area contributed by atoms with E-state index in [0.717, 1.165) is 29.6 Å². The van der Waals surface area contributed by atoms with E-state index >= 15 is 0 Å². The Balaban J connectivity index is 1.28. The number of aromatic nitrogens is 1. The van der Waals surface area contributed by atoms with Crippen molar-refractivity contribution in [3.05, 3.63) is 138 Å². The summed E-state index contributed by atoms with van der Waals surface area (Å²) < 4.78 is 13.5. The molecule has 1 saturated heterocycles. The maximum absolute atomic E-state index is 13.9. The first kappa shape index (κ1) is 24.0. The topological polar surface area (TPSA) is 36.4 Å². The summed E-state index contributed by atoms with van der Waals surface area (Å²) in [6, 6.07) is 37.1. The van der Waals surface area contributed by atoms with Gasteiger partial charge in [0.2, 0.25) is 0 Å². The molecule has 1 fully saturated rings. The van der Waals surface area contributed by atoms with Crippen molar-refractivity contribution in [2.45, 2.75) is 6.04 Å². The lowest BCUT2D eigenvalue weighted by atomic mass is 9.96. The summed E-state index contributed by atoms with van der Waals surface area (Å²) in [5.41, 5.74) is 5.34. The summed E-state index contributed by atoms with van der Waals surface area (Å²) in [5.74, 6) is -0.296. The van der Waals surface area contributed by atoms with E-state index in [9.17, 15) is 9.18 Å². The fourth-order valence-electron chi connectivity index (χ4n) is 5.36. The van der Waals surface area contributed by atoms with Crippen LogP contribution in [-0.2, 0) is 0 Å². The van der Waals surface area contributed by atoms with Crippen LogP contribution in [0.2, 0.25) is 0 Å². The molecule has 1 aromatic heterocycles. The molecule has 0 radical (unpaired) electrons. The Morgan fingerprint density at radius 3 is 1.92 bits per heavy atom. The van der Waals surface area contributed by atoms with Gasteiger partial charge < -0.3 is 4.90 Å². The van der Waals surface area contributed by atoms with E-state index in [-0.39, 0.29) is 17.8 Å². The highest BCUT2D eigenvalue weighted by Crippen LogP contribution is 2.31. The quantitative estimate of drug-likeness (QED) is 0.273. The monoisotopic (exact) mass is 501 g/mol. The lowest BCUT2D eigenvalue weighted by molar-refractivity contribution is 0.0599. The Kier molecular flexibility index (Phi) is 6.67. The number of amides is 1. The lowest BCUT2D eigenvalue weighted by Crippen LogP contribution is -2.49. The number of nitrogens with zero attached hydrogens (tertiary/aromatic N) is 3. The van der Waals surface area contributed by atoms with Gasteiger partial charge >= 0.3 is 0 Å². The molecule has 1 aliphatic heterocycles. The number of rotatable bonds is 5. The van der Waals surface area contributed by atoms with Gasteiger partial charge in [-0.25, -0.2) is 9.37 Å². The first-order valence-corrected chi connectivity index (χ1v) is 13.0. The van der Waals surface area contributed by atoms with Crippen LogP contribution in [0.4, 0.5) is 4.39 Å². The van der Waals surface area contributed by atoms with Crippen LogP contribution in [0, 0.1) is 5.82 Å². The standard InChI is InChI=1S/C33H28FN3O/c34-27-17-15-24(16-18-27)31-23-29(28-13-7-8-14-30(28)35-31)33(38)37-21-19-36(20-22-37)32(25-9-3-1-4-10-25)26-11-5-2-6-12-26/h1-18,23,32H,19-22H2. The van der Waals surface area contributed by atoms with E-state index in [1.54, 1.807) is 12.1 Å². The minimum absolute atomic E-state index is 0.00239. The Hall–Kier alpha value is -4.35. The third-order valence-corrected chi connectivity index (χ3v) is 7.28. The first-order valence-electron chi connectivity index (χ1n) is 13.0. The van der Waals surface area contributed by atoms with Crippen LogP contribution < -0.4 is 0 Å². The van der Waals surface area contributed by atoms with Crippen molar-refractivity contribution in [1.82, 2.24) is 14.8 Å². The van der Waals surface area contributed by atoms with E-state index in [2.05, 4.69) is 53.4 Å². The maximum atomic E-state index is 13.9. The van der Waals surface area contributed by atoms with Crippen molar-refractivity contribution in [2.75, 3.05) is 26.2 Å². The van der Waals surface area contributed by atoms with Crippen LogP contribution in [-0.4, -0.2) is 46.9 Å². The molecular weight excluding hydrogens is 473 g/mol. The molecule has 0 unspecified atom stereocenters. The van der Waals surface area contributed by atoms with Crippen molar-refractivity contribution in [3.63, 3.8) is 0 Å². The van der Waals surface area contributed by atoms with Crippen molar-refractivity contribution in [3.8, 4) is 11.3 Å². The molecule has 2 heterocycles. The zero-order valence-corrected chi connectivity index (χ0v) is 21.0. The predicted molar refractivity (Wildman–Crippen MR) is 149 cm³/mol.